The maximum absolute atomic E-state index is 12.1. The number of aliphatic hydroxyl groups excluding tert-OH is 1. The number of carbonyl (C=O) groups excluding carboxylic acids is 1. The van der Waals surface area contributed by atoms with E-state index in [1.165, 1.54) is 6.08 Å². The molecule has 0 unspecified atom stereocenters. The molecular formula is C20H29NO4. The second-order valence-corrected chi connectivity index (χ2v) is 6.76. The van der Waals surface area contributed by atoms with Gasteiger partial charge in [-0.2, -0.15) is 0 Å². The first-order valence-electron chi connectivity index (χ1n) is 8.33. The highest BCUT2D eigenvalue weighted by atomic mass is 16.6. The van der Waals surface area contributed by atoms with Gasteiger partial charge in [0.25, 0.3) is 0 Å². The standard InChI is InChI=1S/C20H29NO4/c1-6-11-16(21-19(23)25-20(3,4)5)18(17(22)7-2)24-14-15-12-9-8-10-13-15/h6-10,12-13,16-18,22H,1-2,11,14H2,3-5H3,(H,21,23)/t16-,17-,18+/m1/s1. The molecule has 0 bridgehead atoms. The van der Waals surface area contributed by atoms with Crippen LogP contribution in [0, 0.1) is 0 Å². The van der Waals surface area contributed by atoms with Gasteiger partial charge in [0, 0.05) is 0 Å². The van der Waals surface area contributed by atoms with Crippen molar-refractivity contribution in [2.24, 2.45) is 0 Å². The van der Waals surface area contributed by atoms with Gasteiger partial charge < -0.3 is 19.9 Å². The summed E-state index contributed by atoms with van der Waals surface area (Å²) in [5.74, 6) is 0. The van der Waals surface area contributed by atoms with E-state index in [0.29, 0.717) is 13.0 Å². The molecule has 0 fully saturated rings. The van der Waals surface area contributed by atoms with E-state index < -0.39 is 29.9 Å². The molecule has 25 heavy (non-hydrogen) atoms. The van der Waals surface area contributed by atoms with Crippen LogP contribution in [0.15, 0.2) is 55.6 Å². The summed E-state index contributed by atoms with van der Waals surface area (Å²) in [6.07, 6.45) is 1.29. The highest BCUT2D eigenvalue weighted by Crippen LogP contribution is 2.15. The number of amides is 1. The number of alkyl carbamates (subject to hydrolysis) is 1. The van der Waals surface area contributed by atoms with Gasteiger partial charge in [-0.15, -0.1) is 13.2 Å². The van der Waals surface area contributed by atoms with Crippen LogP contribution in [0.1, 0.15) is 32.8 Å². The smallest absolute Gasteiger partial charge is 0.407 e. The Labute approximate surface area is 150 Å². The summed E-state index contributed by atoms with van der Waals surface area (Å²) >= 11 is 0. The first kappa shape index (κ1) is 20.9. The van der Waals surface area contributed by atoms with Crippen molar-refractivity contribution in [3.63, 3.8) is 0 Å². The molecule has 0 aliphatic heterocycles. The van der Waals surface area contributed by atoms with Crippen LogP contribution in [-0.4, -0.2) is 35.1 Å². The van der Waals surface area contributed by atoms with Crippen LogP contribution in [0.25, 0.3) is 0 Å². The fourth-order valence-electron chi connectivity index (χ4n) is 2.27. The van der Waals surface area contributed by atoms with Crippen molar-refractivity contribution in [2.45, 2.75) is 57.6 Å². The minimum Gasteiger partial charge on any atom is -0.444 e. The molecule has 0 saturated carbocycles. The van der Waals surface area contributed by atoms with Crippen LogP contribution in [0.5, 0.6) is 0 Å². The number of nitrogens with one attached hydrogen (secondary N) is 1. The van der Waals surface area contributed by atoms with Gasteiger partial charge in [-0.1, -0.05) is 42.5 Å². The van der Waals surface area contributed by atoms with E-state index in [2.05, 4.69) is 18.5 Å². The number of rotatable bonds is 9. The molecule has 0 spiro atoms. The Morgan fingerprint density at radius 1 is 1.28 bits per heavy atom. The largest absolute Gasteiger partial charge is 0.444 e. The number of ether oxygens (including phenoxy) is 2. The molecule has 0 radical (unpaired) electrons. The predicted octanol–water partition coefficient (Wildman–Crippen LogP) is 3.59. The van der Waals surface area contributed by atoms with Crippen molar-refractivity contribution in [2.75, 3.05) is 0 Å². The predicted molar refractivity (Wildman–Crippen MR) is 99.2 cm³/mol. The van der Waals surface area contributed by atoms with Gasteiger partial charge in [-0.25, -0.2) is 4.79 Å². The van der Waals surface area contributed by atoms with E-state index in [1.54, 1.807) is 26.8 Å². The molecule has 0 aliphatic rings. The Balaban J connectivity index is 2.84. The van der Waals surface area contributed by atoms with Crippen LogP contribution in [0.2, 0.25) is 0 Å². The monoisotopic (exact) mass is 347 g/mol. The third-order valence-electron chi connectivity index (χ3n) is 3.38. The Morgan fingerprint density at radius 3 is 2.44 bits per heavy atom. The molecule has 138 valence electrons. The SMILES string of the molecule is C=CC[C@@H](NC(=O)OC(C)(C)C)[C@H](OCc1ccccc1)[C@H](O)C=C. The number of carbonyl (C=O) groups is 1. The zero-order chi connectivity index (χ0) is 18.9. The first-order chi connectivity index (χ1) is 11.8. The van der Waals surface area contributed by atoms with E-state index in [0.717, 1.165) is 5.56 Å². The second kappa shape index (κ2) is 10.0. The van der Waals surface area contributed by atoms with Gasteiger partial charge >= 0.3 is 6.09 Å². The van der Waals surface area contributed by atoms with Gasteiger partial charge in [0.1, 0.15) is 17.8 Å². The normalized spacial score (nSPS) is 14.9. The topological polar surface area (TPSA) is 67.8 Å². The van der Waals surface area contributed by atoms with Crippen molar-refractivity contribution in [1.29, 1.82) is 0 Å². The maximum atomic E-state index is 12.1. The third kappa shape index (κ3) is 8.01. The van der Waals surface area contributed by atoms with Gasteiger partial charge in [-0.3, -0.25) is 0 Å². The average Bonchev–Trinajstić information content (AvgIpc) is 2.54. The van der Waals surface area contributed by atoms with Gasteiger partial charge in [0.05, 0.1) is 12.6 Å². The quantitative estimate of drug-likeness (QED) is 0.670. The molecule has 2 N–H and O–H groups in total. The minimum atomic E-state index is -0.941. The van der Waals surface area contributed by atoms with Gasteiger partial charge in [0.15, 0.2) is 0 Å². The number of benzene rings is 1. The van der Waals surface area contributed by atoms with Gasteiger partial charge in [-0.05, 0) is 32.8 Å². The number of aliphatic hydroxyl groups is 1. The molecule has 1 aromatic carbocycles. The first-order valence-corrected chi connectivity index (χ1v) is 8.33. The third-order valence-corrected chi connectivity index (χ3v) is 3.38. The zero-order valence-electron chi connectivity index (χ0n) is 15.3. The Bertz CT molecular complexity index is 551. The summed E-state index contributed by atoms with van der Waals surface area (Å²) in [5, 5.41) is 13.0. The van der Waals surface area contributed by atoms with E-state index in [9.17, 15) is 9.90 Å². The highest BCUT2D eigenvalue weighted by Gasteiger charge is 2.30. The zero-order valence-corrected chi connectivity index (χ0v) is 15.3. The molecule has 0 aromatic heterocycles. The Kier molecular flexibility index (Phi) is 8.38. The number of hydrogen-bond acceptors (Lipinski definition) is 4. The highest BCUT2D eigenvalue weighted by molar-refractivity contribution is 5.68. The van der Waals surface area contributed by atoms with Crippen LogP contribution >= 0.6 is 0 Å². The maximum Gasteiger partial charge on any atom is 0.407 e. The lowest BCUT2D eigenvalue weighted by Crippen LogP contribution is -2.50. The minimum absolute atomic E-state index is 0.306. The molecule has 0 saturated heterocycles. The molecule has 1 aromatic rings. The van der Waals surface area contributed by atoms with Crippen molar-refractivity contribution >= 4 is 6.09 Å². The van der Waals surface area contributed by atoms with E-state index in [-0.39, 0.29) is 0 Å². The Hall–Kier alpha value is -2.11. The van der Waals surface area contributed by atoms with Crippen LogP contribution in [-0.2, 0) is 16.1 Å². The summed E-state index contributed by atoms with van der Waals surface area (Å²) in [7, 11) is 0. The van der Waals surface area contributed by atoms with E-state index in [1.807, 2.05) is 30.3 Å². The van der Waals surface area contributed by atoms with Crippen LogP contribution < -0.4 is 5.32 Å². The molecule has 3 atom stereocenters. The molecule has 0 heterocycles. The molecule has 5 heteroatoms. The Morgan fingerprint density at radius 2 is 1.92 bits per heavy atom. The molecule has 5 nitrogen and oxygen atoms in total. The van der Waals surface area contributed by atoms with Crippen molar-refractivity contribution in [3.05, 3.63) is 61.2 Å². The second-order valence-electron chi connectivity index (χ2n) is 6.76. The van der Waals surface area contributed by atoms with Crippen LogP contribution in [0.4, 0.5) is 4.79 Å². The van der Waals surface area contributed by atoms with E-state index in [4.69, 9.17) is 9.47 Å². The average molecular weight is 347 g/mol. The molecule has 0 aliphatic carbocycles. The van der Waals surface area contributed by atoms with Crippen molar-refractivity contribution < 1.29 is 19.4 Å². The molecular weight excluding hydrogens is 318 g/mol. The van der Waals surface area contributed by atoms with Gasteiger partial charge in [0.2, 0.25) is 0 Å². The van der Waals surface area contributed by atoms with Crippen LogP contribution in [0.3, 0.4) is 0 Å². The lowest BCUT2D eigenvalue weighted by molar-refractivity contribution is -0.0479. The summed E-state index contributed by atoms with van der Waals surface area (Å²) in [6.45, 7) is 13.0. The fourth-order valence-corrected chi connectivity index (χ4v) is 2.27. The summed E-state index contributed by atoms with van der Waals surface area (Å²) in [5.41, 5.74) is 0.360. The van der Waals surface area contributed by atoms with E-state index >= 15 is 0 Å². The fraction of sp³-hybridized carbons (Fsp3) is 0.450. The summed E-state index contributed by atoms with van der Waals surface area (Å²) in [4.78, 5) is 12.1. The summed E-state index contributed by atoms with van der Waals surface area (Å²) in [6, 6.07) is 9.12. The molecule has 1 amide bonds. The summed E-state index contributed by atoms with van der Waals surface area (Å²) < 4.78 is 11.2. The van der Waals surface area contributed by atoms with Crippen molar-refractivity contribution in [1.82, 2.24) is 5.32 Å². The number of hydrogen-bond donors (Lipinski definition) is 2. The lowest BCUT2D eigenvalue weighted by Gasteiger charge is -2.31. The van der Waals surface area contributed by atoms with Crippen molar-refractivity contribution in [3.8, 4) is 0 Å². The lowest BCUT2D eigenvalue weighted by atomic mass is 10.0. The molecule has 1 rings (SSSR count).